The maximum atomic E-state index is 11.3. The molecule has 1 aromatic rings. The molecule has 0 aromatic heterocycles. The van der Waals surface area contributed by atoms with Crippen LogP contribution in [-0.4, -0.2) is 18.6 Å². The molecule has 0 aliphatic carbocycles. The summed E-state index contributed by atoms with van der Waals surface area (Å²) in [6.07, 6.45) is 0. The highest BCUT2D eigenvalue weighted by Crippen LogP contribution is 2.10. The molecule has 0 heterocycles. The van der Waals surface area contributed by atoms with Gasteiger partial charge in [0.2, 0.25) is 0 Å². The number of amides is 1. The van der Waals surface area contributed by atoms with Crippen molar-refractivity contribution in [2.45, 2.75) is 26.8 Å². The van der Waals surface area contributed by atoms with Crippen molar-refractivity contribution in [3.05, 3.63) is 29.8 Å². The zero-order chi connectivity index (χ0) is 11.3. The molecule has 1 amide bonds. The number of benzene rings is 1. The first-order chi connectivity index (χ1) is 7.08. The van der Waals surface area contributed by atoms with Gasteiger partial charge < -0.3 is 10.1 Å². The van der Waals surface area contributed by atoms with Crippen molar-refractivity contribution in [3.8, 4) is 5.75 Å². The summed E-state index contributed by atoms with van der Waals surface area (Å²) in [6.45, 7) is 5.92. The highest BCUT2D eigenvalue weighted by Gasteiger charge is 2.03. The molecule has 0 aliphatic heterocycles. The predicted molar refractivity (Wildman–Crippen MR) is 60.0 cm³/mol. The number of hydrogen-bond donors (Lipinski definition) is 1. The monoisotopic (exact) mass is 207 g/mol. The Kier molecular flexibility index (Phi) is 4.16. The summed E-state index contributed by atoms with van der Waals surface area (Å²) in [5, 5.41) is 2.76. The number of rotatable bonds is 4. The molecule has 0 radical (unpaired) electrons. The maximum Gasteiger partial charge on any atom is 0.258 e. The van der Waals surface area contributed by atoms with Crippen LogP contribution in [0.4, 0.5) is 0 Å². The Morgan fingerprint density at radius 2 is 1.93 bits per heavy atom. The molecule has 0 saturated carbocycles. The van der Waals surface area contributed by atoms with Gasteiger partial charge in [0.15, 0.2) is 6.61 Å². The molecular weight excluding hydrogens is 190 g/mol. The van der Waals surface area contributed by atoms with E-state index < -0.39 is 0 Å². The molecule has 3 nitrogen and oxygen atoms in total. The third-order valence-electron chi connectivity index (χ3n) is 1.84. The van der Waals surface area contributed by atoms with Gasteiger partial charge in [0.05, 0.1) is 0 Å². The smallest absolute Gasteiger partial charge is 0.258 e. The van der Waals surface area contributed by atoms with E-state index in [9.17, 15) is 4.79 Å². The van der Waals surface area contributed by atoms with Gasteiger partial charge in [-0.05, 0) is 32.9 Å². The Morgan fingerprint density at radius 3 is 2.47 bits per heavy atom. The van der Waals surface area contributed by atoms with Crippen LogP contribution in [0.3, 0.4) is 0 Å². The SMILES string of the molecule is Cc1ccc(OCC(=O)NC(C)C)cc1. The van der Waals surface area contributed by atoms with Crippen LogP contribution in [0.1, 0.15) is 19.4 Å². The molecule has 3 heteroatoms. The molecule has 0 bridgehead atoms. The van der Waals surface area contributed by atoms with E-state index >= 15 is 0 Å². The molecule has 15 heavy (non-hydrogen) atoms. The lowest BCUT2D eigenvalue weighted by Gasteiger charge is -2.09. The van der Waals surface area contributed by atoms with Crippen molar-refractivity contribution in [1.82, 2.24) is 5.32 Å². The quantitative estimate of drug-likeness (QED) is 0.819. The van der Waals surface area contributed by atoms with Gasteiger partial charge in [0.25, 0.3) is 5.91 Å². The summed E-state index contributed by atoms with van der Waals surface area (Å²) in [7, 11) is 0. The normalized spacial score (nSPS) is 10.1. The summed E-state index contributed by atoms with van der Waals surface area (Å²) in [4.78, 5) is 11.3. The van der Waals surface area contributed by atoms with Crippen LogP contribution in [0.15, 0.2) is 24.3 Å². The fourth-order valence-corrected chi connectivity index (χ4v) is 1.15. The van der Waals surface area contributed by atoms with E-state index in [0.29, 0.717) is 0 Å². The molecule has 1 aromatic carbocycles. The summed E-state index contributed by atoms with van der Waals surface area (Å²) < 4.78 is 5.31. The van der Waals surface area contributed by atoms with Crippen molar-refractivity contribution in [1.29, 1.82) is 0 Å². The van der Waals surface area contributed by atoms with Crippen molar-refractivity contribution in [3.63, 3.8) is 0 Å². The Hall–Kier alpha value is -1.51. The second kappa shape index (κ2) is 5.39. The number of aryl methyl sites for hydroxylation is 1. The average molecular weight is 207 g/mol. The van der Waals surface area contributed by atoms with Crippen LogP contribution in [-0.2, 0) is 4.79 Å². The highest BCUT2D eigenvalue weighted by atomic mass is 16.5. The molecule has 0 aliphatic rings. The lowest BCUT2D eigenvalue weighted by atomic mass is 10.2. The van der Waals surface area contributed by atoms with Crippen molar-refractivity contribution >= 4 is 5.91 Å². The van der Waals surface area contributed by atoms with Crippen LogP contribution in [0.2, 0.25) is 0 Å². The summed E-state index contributed by atoms with van der Waals surface area (Å²) in [5.41, 5.74) is 1.17. The molecule has 0 fully saturated rings. The number of carbonyl (C=O) groups is 1. The van der Waals surface area contributed by atoms with E-state index in [2.05, 4.69) is 5.32 Å². The molecule has 0 atom stereocenters. The fraction of sp³-hybridized carbons (Fsp3) is 0.417. The Bertz CT molecular complexity index is 317. The first kappa shape index (κ1) is 11.6. The fourth-order valence-electron chi connectivity index (χ4n) is 1.15. The predicted octanol–water partition coefficient (Wildman–Crippen LogP) is 1.90. The van der Waals surface area contributed by atoms with E-state index in [1.54, 1.807) is 0 Å². The van der Waals surface area contributed by atoms with E-state index in [0.717, 1.165) is 5.75 Å². The molecule has 0 saturated heterocycles. The van der Waals surface area contributed by atoms with Crippen LogP contribution >= 0.6 is 0 Å². The van der Waals surface area contributed by atoms with Crippen LogP contribution in [0.5, 0.6) is 5.75 Å². The third kappa shape index (κ3) is 4.49. The van der Waals surface area contributed by atoms with Gasteiger partial charge in [-0.1, -0.05) is 17.7 Å². The Balaban J connectivity index is 2.37. The Labute approximate surface area is 90.4 Å². The summed E-state index contributed by atoms with van der Waals surface area (Å²) in [6, 6.07) is 7.78. The van der Waals surface area contributed by atoms with Crippen molar-refractivity contribution in [2.24, 2.45) is 0 Å². The second-order valence-electron chi connectivity index (χ2n) is 3.82. The van der Waals surface area contributed by atoms with E-state index in [1.807, 2.05) is 45.0 Å². The van der Waals surface area contributed by atoms with Crippen molar-refractivity contribution in [2.75, 3.05) is 6.61 Å². The van der Waals surface area contributed by atoms with Gasteiger partial charge in [0.1, 0.15) is 5.75 Å². The Morgan fingerprint density at radius 1 is 1.33 bits per heavy atom. The molecule has 1 N–H and O–H groups in total. The summed E-state index contributed by atoms with van der Waals surface area (Å²) in [5.74, 6) is 0.630. The van der Waals surface area contributed by atoms with Gasteiger partial charge in [-0.25, -0.2) is 0 Å². The molecule has 0 unspecified atom stereocenters. The van der Waals surface area contributed by atoms with E-state index in [4.69, 9.17) is 4.74 Å². The minimum absolute atomic E-state index is 0.0707. The summed E-state index contributed by atoms with van der Waals surface area (Å²) >= 11 is 0. The van der Waals surface area contributed by atoms with E-state index in [1.165, 1.54) is 5.56 Å². The number of carbonyl (C=O) groups excluding carboxylic acids is 1. The molecular formula is C12H17NO2. The van der Waals surface area contributed by atoms with Gasteiger partial charge in [0, 0.05) is 6.04 Å². The zero-order valence-electron chi connectivity index (χ0n) is 9.41. The minimum Gasteiger partial charge on any atom is -0.484 e. The first-order valence-electron chi connectivity index (χ1n) is 5.07. The van der Waals surface area contributed by atoms with E-state index in [-0.39, 0.29) is 18.6 Å². The third-order valence-corrected chi connectivity index (χ3v) is 1.84. The van der Waals surface area contributed by atoms with Crippen molar-refractivity contribution < 1.29 is 9.53 Å². The number of hydrogen-bond acceptors (Lipinski definition) is 2. The topological polar surface area (TPSA) is 38.3 Å². The maximum absolute atomic E-state index is 11.3. The lowest BCUT2D eigenvalue weighted by molar-refractivity contribution is -0.123. The van der Waals surface area contributed by atoms with Crippen LogP contribution < -0.4 is 10.1 Å². The van der Waals surface area contributed by atoms with Crippen LogP contribution in [0.25, 0.3) is 0 Å². The van der Waals surface area contributed by atoms with Gasteiger partial charge in [-0.2, -0.15) is 0 Å². The average Bonchev–Trinajstić information content (AvgIpc) is 2.16. The molecule has 1 rings (SSSR count). The molecule has 82 valence electrons. The zero-order valence-corrected chi connectivity index (χ0v) is 9.41. The van der Waals surface area contributed by atoms with Gasteiger partial charge in [-0.3, -0.25) is 4.79 Å². The number of ether oxygens (including phenoxy) is 1. The highest BCUT2D eigenvalue weighted by molar-refractivity contribution is 5.77. The first-order valence-corrected chi connectivity index (χ1v) is 5.07. The van der Waals surface area contributed by atoms with Gasteiger partial charge >= 0.3 is 0 Å². The van der Waals surface area contributed by atoms with Crippen LogP contribution in [0, 0.1) is 6.92 Å². The second-order valence-corrected chi connectivity index (χ2v) is 3.82. The largest absolute Gasteiger partial charge is 0.484 e. The lowest BCUT2D eigenvalue weighted by Crippen LogP contribution is -2.34. The number of nitrogens with one attached hydrogen (secondary N) is 1. The molecule has 0 spiro atoms. The minimum atomic E-state index is -0.0921. The standard InChI is InChI=1S/C12H17NO2/c1-9(2)13-12(14)8-15-11-6-4-10(3)5-7-11/h4-7,9H,8H2,1-3H3,(H,13,14). The van der Waals surface area contributed by atoms with Gasteiger partial charge in [-0.15, -0.1) is 0 Å².